The number of nitrogens with zero attached hydrogens (tertiary/aromatic N) is 1. The molecule has 1 saturated heterocycles. The molecular formula is C23H21Cl2FN2O4. The molecule has 1 N–H and O–H groups in total. The van der Waals surface area contributed by atoms with E-state index >= 15 is 0 Å². The minimum atomic E-state index is -0.598. The Balaban J connectivity index is 1.10. The molecule has 0 spiro atoms. The summed E-state index contributed by atoms with van der Waals surface area (Å²) in [6.45, 7) is 0.432. The minimum absolute atomic E-state index is 0.00164. The first kappa shape index (κ1) is 21.3. The first-order valence-corrected chi connectivity index (χ1v) is 11.2. The summed E-state index contributed by atoms with van der Waals surface area (Å²) in [4.78, 5) is 27.1. The number of rotatable bonds is 7. The van der Waals surface area contributed by atoms with Gasteiger partial charge in [-0.05, 0) is 55.7 Å². The van der Waals surface area contributed by atoms with Gasteiger partial charge in [0.25, 0.3) is 11.8 Å². The van der Waals surface area contributed by atoms with Crippen LogP contribution in [0.3, 0.4) is 0 Å². The quantitative estimate of drug-likeness (QED) is 0.653. The van der Waals surface area contributed by atoms with Crippen LogP contribution in [-0.4, -0.2) is 47.0 Å². The highest BCUT2D eigenvalue weighted by Gasteiger charge is 2.72. The Bertz CT molecular complexity index is 1060. The summed E-state index contributed by atoms with van der Waals surface area (Å²) in [6, 6.07) is 11.0. The Hall–Kier alpha value is -2.51. The van der Waals surface area contributed by atoms with Gasteiger partial charge in [-0.25, -0.2) is 4.39 Å². The van der Waals surface area contributed by atoms with Crippen molar-refractivity contribution in [1.82, 2.24) is 10.2 Å². The largest absolute Gasteiger partial charge is 0.484 e. The molecule has 1 atom stereocenters. The molecule has 168 valence electrons. The summed E-state index contributed by atoms with van der Waals surface area (Å²) in [5.74, 6) is -0.0143. The lowest BCUT2D eigenvalue weighted by Crippen LogP contribution is -2.84. The molecule has 6 rings (SSSR count). The molecule has 0 radical (unpaired) electrons. The third kappa shape index (κ3) is 3.77. The van der Waals surface area contributed by atoms with Crippen molar-refractivity contribution in [3.05, 3.63) is 58.3 Å². The SMILES string of the molecule is O=C(COc1ccc(Cl)c(F)c1)NC12CC(N3CC[C@@H](Oc4ccc(Cl)cc4)C3=O)(C1)C2. The number of nitrogens with one attached hydrogen (secondary N) is 1. The van der Waals surface area contributed by atoms with E-state index in [4.69, 9.17) is 32.7 Å². The molecule has 1 aliphatic heterocycles. The summed E-state index contributed by atoms with van der Waals surface area (Å²) in [5.41, 5.74) is -0.482. The molecule has 4 aliphatic rings. The van der Waals surface area contributed by atoms with Crippen LogP contribution in [0.2, 0.25) is 10.0 Å². The van der Waals surface area contributed by atoms with Crippen LogP contribution in [0, 0.1) is 5.82 Å². The highest BCUT2D eigenvalue weighted by atomic mass is 35.5. The number of benzene rings is 2. The number of hydrogen-bond donors (Lipinski definition) is 1. The van der Waals surface area contributed by atoms with Crippen molar-refractivity contribution in [2.24, 2.45) is 0 Å². The molecule has 4 fully saturated rings. The van der Waals surface area contributed by atoms with Crippen molar-refractivity contribution in [2.75, 3.05) is 13.2 Å². The zero-order chi connectivity index (χ0) is 22.5. The Morgan fingerprint density at radius 1 is 1.12 bits per heavy atom. The molecule has 3 saturated carbocycles. The highest BCUT2D eigenvalue weighted by molar-refractivity contribution is 6.31. The second-order valence-electron chi connectivity index (χ2n) is 8.79. The number of hydrogen-bond acceptors (Lipinski definition) is 4. The molecule has 0 unspecified atom stereocenters. The molecule has 2 amide bonds. The molecule has 6 nitrogen and oxygen atoms in total. The standard InChI is InChI=1S/C23H21Cl2FN2O4/c24-14-1-3-15(4-2-14)32-19-7-8-28(21(19)30)23-11-22(12-23,13-23)27-20(29)10-31-16-5-6-17(25)18(26)9-16/h1-6,9,19H,7-8,10-13H2,(H,27,29)/t19-,22?,23?/m1/s1. The maximum atomic E-state index is 13.5. The van der Waals surface area contributed by atoms with Crippen LogP contribution in [-0.2, 0) is 9.59 Å². The average Bonchev–Trinajstić information content (AvgIpc) is 3.06. The molecule has 1 heterocycles. The van der Waals surface area contributed by atoms with Gasteiger partial charge in [0.15, 0.2) is 12.7 Å². The topological polar surface area (TPSA) is 67.9 Å². The maximum absolute atomic E-state index is 13.5. The second kappa shape index (κ2) is 7.81. The fraction of sp³-hybridized carbons (Fsp3) is 0.391. The summed E-state index contributed by atoms with van der Waals surface area (Å²) < 4.78 is 24.7. The van der Waals surface area contributed by atoms with E-state index in [1.54, 1.807) is 24.3 Å². The first-order chi connectivity index (χ1) is 15.3. The number of ether oxygens (including phenoxy) is 2. The lowest BCUT2D eigenvalue weighted by atomic mass is 9.43. The van der Waals surface area contributed by atoms with Crippen LogP contribution in [0.15, 0.2) is 42.5 Å². The van der Waals surface area contributed by atoms with Crippen LogP contribution in [0.25, 0.3) is 0 Å². The smallest absolute Gasteiger partial charge is 0.264 e. The molecular weight excluding hydrogens is 458 g/mol. The van der Waals surface area contributed by atoms with Crippen molar-refractivity contribution >= 4 is 35.0 Å². The van der Waals surface area contributed by atoms with Gasteiger partial charge in [0.05, 0.1) is 5.02 Å². The van der Waals surface area contributed by atoms with Crippen LogP contribution in [0.5, 0.6) is 11.5 Å². The Labute approximate surface area is 194 Å². The number of amides is 2. The predicted molar refractivity (Wildman–Crippen MR) is 117 cm³/mol. The van der Waals surface area contributed by atoms with E-state index in [2.05, 4.69) is 5.32 Å². The van der Waals surface area contributed by atoms with E-state index < -0.39 is 11.9 Å². The van der Waals surface area contributed by atoms with Crippen LogP contribution in [0.4, 0.5) is 4.39 Å². The van der Waals surface area contributed by atoms with E-state index in [9.17, 15) is 14.0 Å². The van der Waals surface area contributed by atoms with Crippen LogP contribution < -0.4 is 14.8 Å². The van der Waals surface area contributed by atoms with Crippen LogP contribution in [0.1, 0.15) is 25.7 Å². The normalized spacial score (nSPS) is 28.0. The van der Waals surface area contributed by atoms with Crippen molar-refractivity contribution in [3.8, 4) is 11.5 Å². The van der Waals surface area contributed by atoms with Gasteiger partial charge in [0.1, 0.15) is 17.3 Å². The number of halogens is 3. The van der Waals surface area contributed by atoms with E-state index in [0.29, 0.717) is 23.7 Å². The molecule has 0 aromatic heterocycles. The van der Waals surface area contributed by atoms with E-state index in [1.165, 1.54) is 12.1 Å². The van der Waals surface area contributed by atoms with Crippen molar-refractivity contribution in [3.63, 3.8) is 0 Å². The highest BCUT2D eigenvalue weighted by Crippen LogP contribution is 2.64. The minimum Gasteiger partial charge on any atom is -0.484 e. The molecule has 2 aromatic carbocycles. The molecule has 2 aromatic rings. The fourth-order valence-electron chi connectivity index (χ4n) is 5.11. The van der Waals surface area contributed by atoms with E-state index in [0.717, 1.165) is 25.3 Å². The summed E-state index contributed by atoms with van der Waals surface area (Å²) in [7, 11) is 0. The number of likely N-dealkylation sites (tertiary alicyclic amines) is 1. The lowest BCUT2D eigenvalue weighted by molar-refractivity contribution is -0.188. The second-order valence-corrected chi connectivity index (χ2v) is 9.63. The first-order valence-electron chi connectivity index (χ1n) is 10.4. The Morgan fingerprint density at radius 2 is 1.81 bits per heavy atom. The Kier molecular flexibility index (Phi) is 5.21. The molecule has 2 bridgehead atoms. The maximum Gasteiger partial charge on any atom is 0.264 e. The Morgan fingerprint density at radius 3 is 2.50 bits per heavy atom. The van der Waals surface area contributed by atoms with E-state index in [-0.39, 0.29) is 40.3 Å². The zero-order valence-electron chi connectivity index (χ0n) is 17.1. The average molecular weight is 479 g/mol. The van der Waals surface area contributed by atoms with Gasteiger partial charge >= 0.3 is 0 Å². The third-order valence-corrected chi connectivity index (χ3v) is 7.05. The number of carbonyl (C=O) groups is 2. The van der Waals surface area contributed by atoms with E-state index in [1.807, 2.05) is 4.90 Å². The van der Waals surface area contributed by atoms with Gasteiger partial charge in [0, 0.05) is 35.1 Å². The van der Waals surface area contributed by atoms with Gasteiger partial charge in [-0.2, -0.15) is 0 Å². The lowest BCUT2D eigenvalue weighted by Gasteiger charge is -2.73. The molecule has 32 heavy (non-hydrogen) atoms. The third-order valence-electron chi connectivity index (χ3n) is 6.49. The van der Waals surface area contributed by atoms with Crippen molar-refractivity contribution in [1.29, 1.82) is 0 Å². The summed E-state index contributed by atoms with van der Waals surface area (Å²) in [6.07, 6.45) is 2.31. The summed E-state index contributed by atoms with van der Waals surface area (Å²) >= 11 is 11.5. The monoisotopic (exact) mass is 478 g/mol. The van der Waals surface area contributed by atoms with Crippen molar-refractivity contribution < 1.29 is 23.5 Å². The summed E-state index contributed by atoms with van der Waals surface area (Å²) in [5, 5.41) is 3.62. The number of carbonyl (C=O) groups excluding carboxylic acids is 2. The van der Waals surface area contributed by atoms with Gasteiger partial charge in [0.2, 0.25) is 0 Å². The van der Waals surface area contributed by atoms with Gasteiger partial charge in [-0.3, -0.25) is 9.59 Å². The van der Waals surface area contributed by atoms with Gasteiger partial charge in [-0.1, -0.05) is 23.2 Å². The molecule has 9 heteroatoms. The molecule has 3 aliphatic carbocycles. The zero-order valence-corrected chi connectivity index (χ0v) is 18.6. The van der Waals surface area contributed by atoms with Gasteiger partial charge < -0.3 is 19.7 Å². The van der Waals surface area contributed by atoms with Crippen molar-refractivity contribution in [2.45, 2.75) is 42.9 Å². The van der Waals surface area contributed by atoms with Crippen LogP contribution >= 0.6 is 23.2 Å². The van der Waals surface area contributed by atoms with Gasteiger partial charge in [-0.15, -0.1) is 0 Å². The predicted octanol–water partition coefficient (Wildman–Crippen LogP) is 3.98. The fourth-order valence-corrected chi connectivity index (χ4v) is 5.36.